The molecule has 0 atom stereocenters. The fourth-order valence-electron chi connectivity index (χ4n) is 13.3. The van der Waals surface area contributed by atoms with Gasteiger partial charge in [0, 0.05) is 150 Å². The number of nitrogens with zero attached hydrogens (tertiary/aromatic N) is 17. The van der Waals surface area contributed by atoms with E-state index in [2.05, 4.69) is 251 Å². The van der Waals surface area contributed by atoms with Gasteiger partial charge in [-0.3, -0.25) is 9.97 Å². The summed E-state index contributed by atoms with van der Waals surface area (Å²) in [6.07, 6.45) is 31.2. The van der Waals surface area contributed by atoms with Crippen molar-refractivity contribution in [2.75, 3.05) is 68.9 Å². The van der Waals surface area contributed by atoms with Crippen molar-refractivity contribution in [2.45, 2.75) is 304 Å². The Morgan fingerprint density at radius 2 is 1.04 bits per heavy atom. The van der Waals surface area contributed by atoms with E-state index in [1.165, 1.54) is 50.8 Å². The van der Waals surface area contributed by atoms with Crippen molar-refractivity contribution in [1.29, 1.82) is 5.26 Å². The van der Waals surface area contributed by atoms with Crippen LogP contribution in [-0.4, -0.2) is 151 Å². The number of piperidine rings is 1. The molecule has 752 valence electrons. The molecule has 0 spiro atoms. The van der Waals surface area contributed by atoms with Gasteiger partial charge in [0.2, 0.25) is 31.8 Å². The van der Waals surface area contributed by atoms with Crippen LogP contribution in [0, 0.1) is 61.6 Å². The number of alkyl halides is 2. The number of nitrogens with one attached hydrogen (secondary N) is 2. The lowest BCUT2D eigenvalue weighted by atomic mass is 9.85. The number of pyridine rings is 3. The molecule has 2 aliphatic heterocycles. The Morgan fingerprint density at radius 3 is 1.56 bits per heavy atom. The van der Waals surface area contributed by atoms with Crippen LogP contribution in [0.15, 0.2) is 167 Å². The standard InChI is InChI=1S/C16H19F2N3.C14H23N3.C13H16N2O.C12H19N3O.C11H18N2O.C11H14N2.C11H17NO2S.C10H16N2O.C8H17NO2S/c1-15(2,3)7-14-20-9-12(10-21-14)11-5-6-13(19-8-11)16(4,17)18;1-14(2,3)11-12-15-8-7-13(16-12)17-9-5-4-6-10-17;1-13(2,3)9-10-8-12(16-15-10)11-6-4-5-7-14-11;1-10(2)9-11-13-4-3-12(14-11)15-5-7-16-8-6-15;1-11(2,3)7-9-12-13-10(14-9)8-5-4-6-8;1-11(2,3)7-9-5-4-6-10(8-12)13-9;1-10(2)8-9-12-15(13,14)11-6-4-3-5-7-11;1-10(2,3)5-8-13-9-11-6-4-7-12-9;1-7(2)5-6-9-12(10,11)8-3-4-8/h5-6,8-10H,7H2,1-4H3;7-8H,4-6,9-11H2,1-3H3;4-8H,9H2,1-3H3;3-4,10H,5-9H2,1-2H3;8H,4-7H2,1-3H3;4-6H,7H2,1-3H3;3-7,10,12H,8-9H2,1-2H3;4,6-7H,5,8H2,1-3H3;7-9H,3-6H2,1-2H3. The number of hydrogen-bond donors (Lipinski definition) is 2. The molecule has 9 aromatic heterocycles. The Morgan fingerprint density at radius 1 is 0.496 bits per heavy atom. The van der Waals surface area contributed by atoms with Crippen LogP contribution in [0.25, 0.3) is 22.6 Å². The molecule has 31 heteroatoms. The van der Waals surface area contributed by atoms with Crippen LogP contribution in [0.1, 0.15) is 302 Å². The van der Waals surface area contributed by atoms with E-state index in [1.807, 2.05) is 67.0 Å². The molecule has 0 amide bonds. The van der Waals surface area contributed by atoms with Crippen molar-refractivity contribution < 1.29 is 44.0 Å². The fraction of sp³-hybridized carbons (Fsp3) is 0.594. The molecule has 0 unspecified atom stereocenters. The SMILES string of the molecule is CC(C)(C)CCOc1ncccn1.CC(C)(C)Cc1cc(-c2ccccn2)on1.CC(C)(C)Cc1cccc(C#N)n1.CC(C)(C)Cc1ncc(-c2ccc(C(C)(F)F)nc2)cn1.CC(C)(C)Cc1nccc(N2CCCCC2)n1.CC(C)(C)Cc1nnc(C2CCC2)o1.CC(C)CCNS(=O)(=O)C1CC1.CC(C)CCNS(=O)(=O)c1ccccc1.CC(C)Cc1nccc(N2CCOCC2)n1. The van der Waals surface area contributed by atoms with Gasteiger partial charge in [-0.25, -0.2) is 71.1 Å². The van der Waals surface area contributed by atoms with E-state index in [9.17, 15) is 25.6 Å². The Kier molecular flexibility index (Phi) is 46.9. The van der Waals surface area contributed by atoms with Gasteiger partial charge in [0.1, 0.15) is 52.3 Å². The van der Waals surface area contributed by atoms with Crippen LogP contribution in [0.4, 0.5) is 20.4 Å². The van der Waals surface area contributed by atoms with Crippen LogP contribution in [0.3, 0.4) is 0 Å². The molecule has 14 rings (SSSR count). The molecular formula is C106H159F2N19O8S2. The zero-order valence-electron chi connectivity index (χ0n) is 86.6. The van der Waals surface area contributed by atoms with Gasteiger partial charge in [0.25, 0.3) is 5.92 Å². The van der Waals surface area contributed by atoms with Gasteiger partial charge in [0.15, 0.2) is 5.76 Å². The van der Waals surface area contributed by atoms with Crippen molar-refractivity contribution in [3.63, 3.8) is 0 Å². The normalized spacial score (nSPS) is 14.3. The van der Waals surface area contributed by atoms with Crippen molar-refractivity contribution in [2.24, 2.45) is 50.2 Å². The molecule has 2 N–H and O–H groups in total. The minimum atomic E-state index is -3.31. The predicted octanol–water partition coefficient (Wildman–Crippen LogP) is 23.0. The summed E-state index contributed by atoms with van der Waals surface area (Å²) in [5.74, 6) is 6.51. The highest BCUT2D eigenvalue weighted by Crippen LogP contribution is 2.37. The molecule has 27 nitrogen and oxygen atoms in total. The summed E-state index contributed by atoms with van der Waals surface area (Å²) < 4.78 is 99.0. The molecule has 0 bridgehead atoms. The molecule has 2 saturated carbocycles. The van der Waals surface area contributed by atoms with Gasteiger partial charge in [-0.15, -0.1) is 10.2 Å². The topological polar surface area (TPSA) is 348 Å². The molecule has 4 fully saturated rings. The van der Waals surface area contributed by atoms with Gasteiger partial charge >= 0.3 is 6.01 Å². The third kappa shape index (κ3) is 49.8. The predicted molar refractivity (Wildman–Crippen MR) is 544 cm³/mol. The van der Waals surface area contributed by atoms with E-state index in [-0.39, 0.29) is 38.0 Å². The first-order chi connectivity index (χ1) is 64.2. The maximum Gasteiger partial charge on any atom is 0.316 e. The average molecular weight is 1930 g/mol. The van der Waals surface area contributed by atoms with E-state index in [0.717, 1.165) is 192 Å². The van der Waals surface area contributed by atoms with Crippen molar-refractivity contribution in [3.05, 3.63) is 205 Å². The Labute approximate surface area is 818 Å². The summed E-state index contributed by atoms with van der Waals surface area (Å²) in [5, 5.41) is 20.8. The quantitative estimate of drug-likeness (QED) is 0.0508. The lowest BCUT2D eigenvalue weighted by molar-refractivity contribution is 0.0128. The first kappa shape index (κ1) is 116. The molecule has 11 heterocycles. The van der Waals surface area contributed by atoms with E-state index < -0.39 is 26.0 Å². The van der Waals surface area contributed by atoms with E-state index in [4.69, 9.17) is 28.7 Å². The maximum absolute atomic E-state index is 13.1. The number of aromatic nitrogens is 14. The first-order valence-corrected chi connectivity index (χ1v) is 51.6. The zero-order chi connectivity index (χ0) is 101. The smallest absolute Gasteiger partial charge is 0.316 e. The molecular weight excluding hydrogens is 1770 g/mol. The molecule has 0 radical (unpaired) electrons. The number of halogens is 2. The minimum absolute atomic E-state index is 0.0790. The summed E-state index contributed by atoms with van der Waals surface area (Å²) >= 11 is 0. The van der Waals surface area contributed by atoms with Crippen LogP contribution in [0.5, 0.6) is 6.01 Å². The van der Waals surface area contributed by atoms with Crippen LogP contribution in [-0.2, 0) is 69.2 Å². The molecule has 2 saturated heterocycles. The molecule has 137 heavy (non-hydrogen) atoms. The summed E-state index contributed by atoms with van der Waals surface area (Å²) in [4.78, 5) is 51.8. The second-order valence-corrected chi connectivity index (χ2v) is 47.7. The summed E-state index contributed by atoms with van der Waals surface area (Å²) in [6, 6.07) is 33.0. The van der Waals surface area contributed by atoms with Gasteiger partial charge in [0.05, 0.1) is 35.7 Å². The van der Waals surface area contributed by atoms with Gasteiger partial charge in [-0.2, -0.15) is 14.0 Å². The van der Waals surface area contributed by atoms with Crippen LogP contribution >= 0.6 is 0 Å². The second-order valence-electron chi connectivity index (χ2n) is 43.9. The monoisotopic (exact) mass is 1930 g/mol. The fourth-order valence-corrected chi connectivity index (χ4v) is 15.7. The Bertz CT molecular complexity index is 5330. The molecule has 2 aliphatic carbocycles. The van der Waals surface area contributed by atoms with Crippen molar-refractivity contribution >= 4 is 31.7 Å². The first-order valence-electron chi connectivity index (χ1n) is 48.5. The summed E-state index contributed by atoms with van der Waals surface area (Å²) in [5.41, 5.74) is 5.90. The Hall–Kier alpha value is -10.1. The average Bonchev–Trinajstić information content (AvgIpc) is 1.70. The third-order valence-electron chi connectivity index (χ3n) is 20.7. The van der Waals surface area contributed by atoms with Crippen LogP contribution < -0.4 is 24.0 Å². The summed E-state index contributed by atoms with van der Waals surface area (Å²) in [6.45, 7) is 60.2. The largest absolute Gasteiger partial charge is 0.463 e. The number of anilines is 2. The highest BCUT2D eigenvalue weighted by molar-refractivity contribution is 7.90. The van der Waals surface area contributed by atoms with E-state index in [0.29, 0.717) is 65.4 Å². The van der Waals surface area contributed by atoms with Crippen molar-refractivity contribution in [1.82, 2.24) is 79.6 Å². The number of benzene rings is 1. The third-order valence-corrected chi connectivity index (χ3v) is 24.2. The number of rotatable bonds is 26. The number of sulfonamides is 2. The summed E-state index contributed by atoms with van der Waals surface area (Å²) in [7, 11) is -6.24. The van der Waals surface area contributed by atoms with E-state index in [1.54, 1.807) is 79.5 Å². The number of morpholine rings is 1. The molecule has 10 aromatic rings. The van der Waals surface area contributed by atoms with Crippen LogP contribution in [0.2, 0.25) is 0 Å². The zero-order valence-corrected chi connectivity index (χ0v) is 88.3. The molecule has 1 aromatic carbocycles. The highest BCUT2D eigenvalue weighted by Gasteiger charge is 2.35. The number of hydrogen-bond acceptors (Lipinski definition) is 25. The minimum Gasteiger partial charge on any atom is -0.463 e. The lowest BCUT2D eigenvalue weighted by Crippen LogP contribution is -2.36. The maximum atomic E-state index is 13.1. The highest BCUT2D eigenvalue weighted by atomic mass is 32.2. The van der Waals surface area contributed by atoms with Gasteiger partial charge in [-0.1, -0.05) is 214 Å². The van der Waals surface area contributed by atoms with Gasteiger partial charge < -0.3 is 28.2 Å². The van der Waals surface area contributed by atoms with E-state index >= 15 is 0 Å². The number of ether oxygens (including phenoxy) is 2. The number of nitriles is 1. The molecule has 4 aliphatic rings. The van der Waals surface area contributed by atoms with Gasteiger partial charge in [-0.05, 0) is 188 Å². The van der Waals surface area contributed by atoms with Crippen molar-refractivity contribution in [3.8, 4) is 34.7 Å². The second kappa shape index (κ2) is 55.6. The Balaban J connectivity index is 0.000000238. The lowest BCUT2D eigenvalue weighted by Gasteiger charge is -2.28.